The fourth-order valence-corrected chi connectivity index (χ4v) is 5.31. The first-order valence-corrected chi connectivity index (χ1v) is 14.4. The van der Waals surface area contributed by atoms with E-state index in [1.165, 1.54) is 24.7 Å². The molecule has 0 aliphatic carbocycles. The van der Waals surface area contributed by atoms with Crippen molar-refractivity contribution in [2.45, 2.75) is 50.2 Å². The molecule has 4 aromatic rings. The number of nitrogens with one attached hydrogen (secondary N) is 1. The van der Waals surface area contributed by atoms with Gasteiger partial charge < -0.3 is 14.4 Å². The van der Waals surface area contributed by atoms with E-state index in [0.717, 1.165) is 0 Å². The normalized spacial score (nSPS) is 14.6. The molecule has 5 rings (SSSR count). The topological polar surface area (TPSA) is 136 Å². The molecule has 0 radical (unpaired) electrons. The number of fused-ring (bicyclic) bond motifs is 1. The van der Waals surface area contributed by atoms with Crippen LogP contribution in [0.3, 0.4) is 0 Å². The number of benzene rings is 1. The first-order chi connectivity index (χ1) is 19.1. The Balaban J connectivity index is 1.33. The first kappa shape index (κ1) is 27.3. The number of nitrogens with zero attached hydrogens (tertiary/aromatic N) is 5. The molecule has 1 aliphatic rings. The number of hydrogen-bond donors (Lipinski definition) is 1. The molecular weight excluding hydrogens is 532 g/mol. The Morgan fingerprint density at radius 1 is 1.02 bits per heavy atom. The van der Waals surface area contributed by atoms with Crippen molar-refractivity contribution in [3.63, 3.8) is 0 Å². The van der Waals surface area contributed by atoms with Crippen molar-refractivity contribution < 1.29 is 22.7 Å². The Bertz CT molecular complexity index is 1620. The molecule has 0 saturated carbocycles. The largest absolute Gasteiger partial charge is 0.473 e. The quantitative estimate of drug-likeness (QED) is 0.355. The van der Waals surface area contributed by atoms with Gasteiger partial charge >= 0.3 is 6.09 Å². The smallest absolute Gasteiger partial charge is 0.410 e. The number of amides is 1. The Labute approximate surface area is 232 Å². The van der Waals surface area contributed by atoms with Crippen LogP contribution >= 0.6 is 0 Å². The van der Waals surface area contributed by atoms with Crippen LogP contribution in [0.15, 0.2) is 72.1 Å². The molecule has 12 heteroatoms. The van der Waals surface area contributed by atoms with Crippen LogP contribution < -0.4 is 9.46 Å². The third-order valence-corrected chi connectivity index (χ3v) is 7.56. The fourth-order valence-electron chi connectivity index (χ4n) is 4.26. The highest BCUT2D eigenvalue weighted by Crippen LogP contribution is 2.28. The van der Waals surface area contributed by atoms with Gasteiger partial charge in [-0.1, -0.05) is 18.2 Å². The average Bonchev–Trinajstić information content (AvgIpc) is 2.93. The Kier molecular flexibility index (Phi) is 7.53. The molecule has 1 saturated heterocycles. The Morgan fingerprint density at radius 2 is 1.77 bits per heavy atom. The van der Waals surface area contributed by atoms with Gasteiger partial charge in [0.15, 0.2) is 5.52 Å². The number of ether oxygens (including phenoxy) is 2. The summed E-state index contributed by atoms with van der Waals surface area (Å²) >= 11 is 0. The molecule has 1 amide bonds. The van der Waals surface area contributed by atoms with E-state index in [9.17, 15) is 13.2 Å². The second kappa shape index (κ2) is 11.0. The van der Waals surface area contributed by atoms with E-state index in [1.54, 1.807) is 47.5 Å². The van der Waals surface area contributed by atoms with Crippen LogP contribution in [0.1, 0.15) is 33.6 Å². The summed E-state index contributed by atoms with van der Waals surface area (Å²) in [6.45, 7) is 6.56. The summed E-state index contributed by atoms with van der Waals surface area (Å²) in [5.74, 6) is 0.344. The molecule has 4 heterocycles. The maximum atomic E-state index is 12.8. The van der Waals surface area contributed by atoms with E-state index in [0.29, 0.717) is 59.8 Å². The zero-order chi connectivity index (χ0) is 28.3. The first-order valence-electron chi connectivity index (χ1n) is 12.9. The number of sulfonamides is 1. The van der Waals surface area contributed by atoms with Gasteiger partial charge in [-0.15, -0.1) is 0 Å². The van der Waals surface area contributed by atoms with Gasteiger partial charge in [-0.05, 0) is 51.1 Å². The van der Waals surface area contributed by atoms with E-state index >= 15 is 0 Å². The molecule has 3 aromatic heterocycles. The van der Waals surface area contributed by atoms with Crippen molar-refractivity contribution in [1.29, 1.82) is 0 Å². The summed E-state index contributed by atoms with van der Waals surface area (Å²) in [5, 5.41) is 0. The number of likely N-dealkylation sites (tertiary alicyclic amines) is 1. The minimum Gasteiger partial charge on any atom is -0.473 e. The van der Waals surface area contributed by atoms with Crippen molar-refractivity contribution in [1.82, 2.24) is 24.8 Å². The zero-order valence-electron chi connectivity index (χ0n) is 22.4. The predicted octanol–water partition coefficient (Wildman–Crippen LogP) is 4.67. The molecule has 0 unspecified atom stereocenters. The number of piperidine rings is 1. The maximum absolute atomic E-state index is 12.8. The lowest BCUT2D eigenvalue weighted by Gasteiger charge is -2.33. The second-order valence-electron chi connectivity index (χ2n) is 10.4. The van der Waals surface area contributed by atoms with Gasteiger partial charge in [0, 0.05) is 37.7 Å². The van der Waals surface area contributed by atoms with Crippen molar-refractivity contribution in [2.24, 2.45) is 0 Å². The van der Waals surface area contributed by atoms with Crippen LogP contribution in [0.2, 0.25) is 0 Å². The van der Waals surface area contributed by atoms with Gasteiger partial charge in [0.2, 0.25) is 5.88 Å². The van der Waals surface area contributed by atoms with E-state index in [2.05, 4.69) is 19.7 Å². The number of anilines is 1. The summed E-state index contributed by atoms with van der Waals surface area (Å²) in [6.07, 6.45) is 5.23. The van der Waals surface area contributed by atoms with E-state index in [4.69, 9.17) is 14.5 Å². The second-order valence-corrected chi connectivity index (χ2v) is 12.1. The van der Waals surface area contributed by atoms with Crippen molar-refractivity contribution in [3.8, 4) is 17.1 Å². The van der Waals surface area contributed by atoms with E-state index in [-0.39, 0.29) is 17.1 Å². The average molecular weight is 563 g/mol. The lowest BCUT2D eigenvalue weighted by Crippen LogP contribution is -2.44. The standard InChI is InChI=1S/C28H30N6O5S/c1-28(2,3)39-27(35)34-13-11-21(12-14-34)38-26-25-24(30-18-31-26)10-9-23(32-25)19-15-20(17-29-16-19)33-40(36,37)22-7-5-4-6-8-22/h4-10,15-18,21,33H,11-14H2,1-3H3. The van der Waals surface area contributed by atoms with Gasteiger partial charge in [0.25, 0.3) is 10.0 Å². The van der Waals surface area contributed by atoms with Gasteiger partial charge in [-0.25, -0.2) is 23.2 Å². The van der Waals surface area contributed by atoms with Crippen LogP contribution in [0.25, 0.3) is 22.3 Å². The molecule has 1 N–H and O–H groups in total. The highest BCUT2D eigenvalue weighted by Gasteiger charge is 2.28. The van der Waals surface area contributed by atoms with Gasteiger partial charge in [0.1, 0.15) is 18.0 Å². The molecule has 0 spiro atoms. The summed E-state index contributed by atoms with van der Waals surface area (Å²) < 4.78 is 39.8. The van der Waals surface area contributed by atoms with Gasteiger partial charge in [-0.2, -0.15) is 4.98 Å². The van der Waals surface area contributed by atoms with Gasteiger partial charge in [0.05, 0.1) is 28.0 Å². The highest BCUT2D eigenvalue weighted by atomic mass is 32.2. The number of rotatable bonds is 6. The van der Waals surface area contributed by atoms with Crippen LogP contribution in [0.5, 0.6) is 5.88 Å². The summed E-state index contributed by atoms with van der Waals surface area (Å²) in [7, 11) is -3.77. The van der Waals surface area contributed by atoms with Crippen LogP contribution in [-0.2, 0) is 14.8 Å². The summed E-state index contributed by atoms with van der Waals surface area (Å²) in [4.78, 5) is 31.8. The van der Waals surface area contributed by atoms with Gasteiger partial charge in [-0.3, -0.25) is 9.71 Å². The molecular formula is C28H30N6O5S. The maximum Gasteiger partial charge on any atom is 0.410 e. The minimum atomic E-state index is -3.77. The van der Waals surface area contributed by atoms with Crippen LogP contribution in [-0.4, -0.2) is 64.1 Å². The predicted molar refractivity (Wildman–Crippen MR) is 149 cm³/mol. The molecule has 11 nitrogen and oxygen atoms in total. The molecule has 0 bridgehead atoms. The van der Waals surface area contributed by atoms with Crippen LogP contribution in [0.4, 0.5) is 10.5 Å². The van der Waals surface area contributed by atoms with Crippen molar-refractivity contribution >= 4 is 32.8 Å². The molecule has 1 fully saturated rings. The van der Waals surface area contributed by atoms with Crippen molar-refractivity contribution in [3.05, 3.63) is 67.3 Å². The summed E-state index contributed by atoms with van der Waals surface area (Å²) in [6, 6.07) is 13.4. The minimum absolute atomic E-state index is 0.153. The Morgan fingerprint density at radius 3 is 2.50 bits per heavy atom. The third kappa shape index (κ3) is 6.45. The Hall–Kier alpha value is -4.32. The highest BCUT2D eigenvalue weighted by molar-refractivity contribution is 7.92. The van der Waals surface area contributed by atoms with E-state index in [1.807, 2.05) is 20.8 Å². The molecule has 1 aliphatic heterocycles. The lowest BCUT2D eigenvalue weighted by molar-refractivity contribution is 0.0124. The summed E-state index contributed by atoms with van der Waals surface area (Å²) in [5.41, 5.74) is 2.00. The number of pyridine rings is 2. The number of aromatic nitrogens is 4. The fraction of sp³-hybridized carbons (Fsp3) is 0.321. The van der Waals surface area contributed by atoms with Crippen molar-refractivity contribution in [2.75, 3.05) is 17.8 Å². The molecule has 40 heavy (non-hydrogen) atoms. The van der Waals surface area contributed by atoms with Crippen LogP contribution in [0, 0.1) is 0 Å². The molecule has 0 atom stereocenters. The number of hydrogen-bond acceptors (Lipinski definition) is 9. The lowest BCUT2D eigenvalue weighted by atomic mass is 10.1. The third-order valence-electron chi connectivity index (χ3n) is 6.16. The zero-order valence-corrected chi connectivity index (χ0v) is 23.3. The van der Waals surface area contributed by atoms with E-state index < -0.39 is 15.6 Å². The molecule has 1 aromatic carbocycles. The SMILES string of the molecule is CC(C)(C)OC(=O)N1CCC(Oc2ncnc3ccc(-c4cncc(NS(=O)(=O)c5ccccc5)c4)nc23)CC1. The number of carbonyl (C=O) groups is 1. The number of carbonyl (C=O) groups excluding carboxylic acids is 1. The monoisotopic (exact) mass is 562 g/mol. The molecule has 208 valence electrons.